The van der Waals surface area contributed by atoms with Gasteiger partial charge in [-0.25, -0.2) is 21.8 Å². The van der Waals surface area contributed by atoms with Crippen molar-refractivity contribution in [2.75, 3.05) is 29.0 Å². The summed E-state index contributed by atoms with van der Waals surface area (Å²) in [5, 5.41) is -0.164. The molecule has 9 heteroatoms. The summed E-state index contributed by atoms with van der Waals surface area (Å²) in [6, 6.07) is 9.71. The van der Waals surface area contributed by atoms with Gasteiger partial charge in [0.05, 0.1) is 5.69 Å². The Bertz CT molecular complexity index is 1010. The summed E-state index contributed by atoms with van der Waals surface area (Å²) in [6.45, 7) is 4.15. The summed E-state index contributed by atoms with van der Waals surface area (Å²) in [5.74, 6) is 0.713. The number of pyridine rings is 1. The maximum absolute atomic E-state index is 12.6. The molecule has 0 amide bonds. The van der Waals surface area contributed by atoms with Gasteiger partial charge in [-0.05, 0) is 49.1 Å². The van der Waals surface area contributed by atoms with Crippen molar-refractivity contribution in [3.8, 4) is 0 Å². The summed E-state index contributed by atoms with van der Waals surface area (Å²) < 4.78 is 50.6. The van der Waals surface area contributed by atoms with E-state index in [2.05, 4.69) is 21.5 Å². The fraction of sp³-hybridized carbons (Fsp3) is 0.389. The third-order valence-electron chi connectivity index (χ3n) is 4.65. The van der Waals surface area contributed by atoms with Crippen LogP contribution in [-0.2, 0) is 19.9 Å². The number of benzene rings is 1. The normalized spacial score (nSPS) is 16.3. The molecule has 0 atom stereocenters. The number of sulfonamides is 1. The SMILES string of the molecule is CC1CCN(c2cccc(NS(=O)(=O)c3ccc(S(C)(=O)=O)nc3)c2)CC1. The first-order valence-corrected chi connectivity index (χ1v) is 12.1. The molecule has 1 aromatic carbocycles. The van der Waals surface area contributed by atoms with Crippen LogP contribution in [0.15, 0.2) is 52.5 Å². The number of nitrogens with zero attached hydrogens (tertiary/aromatic N) is 2. The van der Waals surface area contributed by atoms with E-state index in [1.54, 1.807) is 6.07 Å². The molecule has 0 unspecified atom stereocenters. The molecule has 7 nitrogen and oxygen atoms in total. The highest BCUT2D eigenvalue weighted by Crippen LogP contribution is 2.26. The number of nitrogens with one attached hydrogen (secondary N) is 1. The van der Waals surface area contributed by atoms with Crippen molar-refractivity contribution in [3.63, 3.8) is 0 Å². The molecule has 1 fully saturated rings. The van der Waals surface area contributed by atoms with Gasteiger partial charge in [-0.15, -0.1) is 0 Å². The van der Waals surface area contributed by atoms with Gasteiger partial charge in [0.25, 0.3) is 10.0 Å². The van der Waals surface area contributed by atoms with E-state index >= 15 is 0 Å². The first kappa shape index (κ1) is 19.6. The molecule has 0 aliphatic carbocycles. The monoisotopic (exact) mass is 409 g/mol. The number of anilines is 2. The molecule has 0 spiro atoms. The molecule has 146 valence electrons. The topological polar surface area (TPSA) is 96.4 Å². The number of rotatable bonds is 5. The molecular weight excluding hydrogens is 386 g/mol. The van der Waals surface area contributed by atoms with Crippen LogP contribution in [0.2, 0.25) is 0 Å². The van der Waals surface area contributed by atoms with Crippen LogP contribution in [0.25, 0.3) is 0 Å². The van der Waals surface area contributed by atoms with E-state index < -0.39 is 19.9 Å². The van der Waals surface area contributed by atoms with Crippen molar-refractivity contribution in [2.24, 2.45) is 5.92 Å². The molecule has 0 saturated carbocycles. The Kier molecular flexibility index (Phi) is 5.43. The quantitative estimate of drug-likeness (QED) is 0.815. The highest BCUT2D eigenvalue weighted by Gasteiger charge is 2.19. The van der Waals surface area contributed by atoms with Gasteiger partial charge in [0.1, 0.15) is 4.90 Å². The second-order valence-electron chi connectivity index (χ2n) is 6.93. The van der Waals surface area contributed by atoms with Crippen LogP contribution < -0.4 is 9.62 Å². The number of hydrogen-bond acceptors (Lipinski definition) is 6. The van der Waals surface area contributed by atoms with Crippen LogP contribution in [0, 0.1) is 5.92 Å². The van der Waals surface area contributed by atoms with Crippen molar-refractivity contribution >= 4 is 31.2 Å². The lowest BCUT2D eigenvalue weighted by Gasteiger charge is -2.32. The lowest BCUT2D eigenvalue weighted by molar-refractivity contribution is 0.438. The maximum atomic E-state index is 12.6. The third kappa shape index (κ3) is 4.78. The van der Waals surface area contributed by atoms with E-state index in [4.69, 9.17) is 0 Å². The minimum Gasteiger partial charge on any atom is -0.371 e. The number of sulfone groups is 1. The molecule has 0 radical (unpaired) electrons. The minimum absolute atomic E-state index is 0.0906. The molecule has 3 rings (SSSR count). The van der Waals surface area contributed by atoms with Crippen molar-refractivity contribution in [1.29, 1.82) is 0 Å². The first-order chi connectivity index (χ1) is 12.6. The number of hydrogen-bond donors (Lipinski definition) is 1. The van der Waals surface area contributed by atoms with Crippen LogP contribution in [0.4, 0.5) is 11.4 Å². The largest absolute Gasteiger partial charge is 0.371 e. The molecule has 1 aliphatic heterocycles. The molecule has 2 heterocycles. The summed E-state index contributed by atoms with van der Waals surface area (Å²) >= 11 is 0. The highest BCUT2D eigenvalue weighted by molar-refractivity contribution is 7.92. The van der Waals surface area contributed by atoms with Gasteiger partial charge in [0, 0.05) is 31.2 Å². The first-order valence-electron chi connectivity index (χ1n) is 8.69. The Labute approximate surface area is 160 Å². The van der Waals surface area contributed by atoms with Gasteiger partial charge in [0.2, 0.25) is 0 Å². The predicted octanol–water partition coefficient (Wildman–Crippen LogP) is 2.52. The molecule has 0 bridgehead atoms. The number of aromatic nitrogens is 1. The Morgan fingerprint density at radius 3 is 2.37 bits per heavy atom. The molecule has 1 N–H and O–H groups in total. The maximum Gasteiger partial charge on any atom is 0.263 e. The van der Waals surface area contributed by atoms with Gasteiger partial charge in [0.15, 0.2) is 14.9 Å². The lowest BCUT2D eigenvalue weighted by Crippen LogP contribution is -2.32. The molecule has 2 aromatic rings. The van der Waals surface area contributed by atoms with Crippen molar-refractivity contribution < 1.29 is 16.8 Å². The van der Waals surface area contributed by atoms with E-state index in [1.165, 1.54) is 12.1 Å². The van der Waals surface area contributed by atoms with Crippen LogP contribution in [0.3, 0.4) is 0 Å². The smallest absolute Gasteiger partial charge is 0.263 e. The minimum atomic E-state index is -3.86. The second-order valence-corrected chi connectivity index (χ2v) is 10.6. The van der Waals surface area contributed by atoms with Gasteiger partial charge < -0.3 is 4.90 Å². The summed E-state index contributed by atoms with van der Waals surface area (Å²) in [6.07, 6.45) is 4.31. The lowest BCUT2D eigenvalue weighted by atomic mass is 9.99. The van der Waals surface area contributed by atoms with Crippen LogP contribution in [0.1, 0.15) is 19.8 Å². The van der Waals surface area contributed by atoms with Gasteiger partial charge in [-0.1, -0.05) is 13.0 Å². The summed E-state index contributed by atoms with van der Waals surface area (Å²) in [4.78, 5) is 5.90. The average molecular weight is 410 g/mol. The standard InChI is InChI=1S/C18H23N3O4S2/c1-14-8-10-21(11-9-14)16-5-3-4-15(12-16)20-27(24,25)17-6-7-18(19-13-17)26(2,22)23/h3-7,12-14,20H,8-11H2,1-2H3. The van der Waals surface area contributed by atoms with E-state index in [-0.39, 0.29) is 9.92 Å². The van der Waals surface area contributed by atoms with E-state index in [1.807, 2.05) is 18.2 Å². The van der Waals surface area contributed by atoms with Crippen LogP contribution in [-0.4, -0.2) is 41.2 Å². The summed E-state index contributed by atoms with van der Waals surface area (Å²) in [7, 11) is -7.34. The summed E-state index contributed by atoms with van der Waals surface area (Å²) in [5.41, 5.74) is 1.44. The predicted molar refractivity (Wildman–Crippen MR) is 105 cm³/mol. The third-order valence-corrected chi connectivity index (χ3v) is 7.01. The zero-order chi connectivity index (χ0) is 19.7. The molecular formula is C18H23N3O4S2. The van der Waals surface area contributed by atoms with E-state index in [9.17, 15) is 16.8 Å². The zero-order valence-electron chi connectivity index (χ0n) is 15.3. The highest BCUT2D eigenvalue weighted by atomic mass is 32.2. The van der Waals surface area contributed by atoms with Crippen LogP contribution in [0.5, 0.6) is 0 Å². The van der Waals surface area contributed by atoms with Crippen molar-refractivity contribution in [3.05, 3.63) is 42.6 Å². The molecule has 1 aliphatic rings. The van der Waals surface area contributed by atoms with Gasteiger partial charge in [-0.3, -0.25) is 4.72 Å². The van der Waals surface area contributed by atoms with Gasteiger partial charge in [-0.2, -0.15) is 0 Å². The fourth-order valence-electron chi connectivity index (χ4n) is 2.99. The number of piperidine rings is 1. The van der Waals surface area contributed by atoms with Gasteiger partial charge >= 0.3 is 0 Å². The average Bonchev–Trinajstić information content (AvgIpc) is 2.61. The van der Waals surface area contributed by atoms with Crippen molar-refractivity contribution in [1.82, 2.24) is 4.98 Å². The zero-order valence-corrected chi connectivity index (χ0v) is 16.9. The van der Waals surface area contributed by atoms with Crippen molar-refractivity contribution in [2.45, 2.75) is 29.7 Å². The Morgan fingerprint density at radius 2 is 1.78 bits per heavy atom. The molecule has 1 aromatic heterocycles. The molecule has 27 heavy (non-hydrogen) atoms. The van der Waals surface area contributed by atoms with E-state index in [0.717, 1.165) is 44.1 Å². The Morgan fingerprint density at radius 1 is 1.07 bits per heavy atom. The fourth-order valence-corrected chi connectivity index (χ4v) is 4.55. The Balaban J connectivity index is 1.79. The Hall–Kier alpha value is -2.13. The molecule has 1 saturated heterocycles. The second kappa shape index (κ2) is 7.47. The van der Waals surface area contributed by atoms with E-state index in [0.29, 0.717) is 11.6 Å². The van der Waals surface area contributed by atoms with Crippen LogP contribution >= 0.6 is 0 Å².